The molecule has 22 heavy (non-hydrogen) atoms. The Kier molecular flexibility index (Phi) is 3.72. The molecule has 1 fully saturated rings. The maximum Gasteiger partial charge on any atom is 0.249 e. The van der Waals surface area contributed by atoms with Gasteiger partial charge in [-0.1, -0.05) is 0 Å². The maximum atomic E-state index is 12.1. The van der Waals surface area contributed by atoms with Gasteiger partial charge in [0.25, 0.3) is 0 Å². The summed E-state index contributed by atoms with van der Waals surface area (Å²) in [5.74, 6) is 0.195. The first-order chi connectivity index (χ1) is 10.6. The van der Waals surface area contributed by atoms with Crippen LogP contribution in [0.3, 0.4) is 0 Å². The summed E-state index contributed by atoms with van der Waals surface area (Å²) in [5.41, 5.74) is -0.507. The van der Waals surface area contributed by atoms with Crippen molar-refractivity contribution in [2.24, 2.45) is 0 Å². The molecular formula is C16H17NO5. The smallest absolute Gasteiger partial charge is 0.249 e. The number of phenolic OH excluding ortho intramolecular Hbond substituents is 1. The molecule has 2 aliphatic heterocycles. The number of carbonyl (C=O) groups excluding carboxylic acids is 2. The van der Waals surface area contributed by atoms with Crippen LogP contribution in [0.1, 0.15) is 12.5 Å². The quantitative estimate of drug-likeness (QED) is 0.839. The molecule has 2 heterocycles. The van der Waals surface area contributed by atoms with E-state index in [0.717, 1.165) is 0 Å². The summed E-state index contributed by atoms with van der Waals surface area (Å²) in [7, 11) is 0. The Morgan fingerprint density at radius 2 is 2.09 bits per heavy atom. The van der Waals surface area contributed by atoms with Crippen LogP contribution in [0.2, 0.25) is 0 Å². The van der Waals surface area contributed by atoms with E-state index in [0.29, 0.717) is 49.5 Å². The second-order valence-corrected chi connectivity index (χ2v) is 5.35. The van der Waals surface area contributed by atoms with Crippen molar-refractivity contribution in [1.29, 1.82) is 0 Å². The van der Waals surface area contributed by atoms with Crippen molar-refractivity contribution < 1.29 is 24.2 Å². The third kappa shape index (κ3) is 2.30. The van der Waals surface area contributed by atoms with Crippen LogP contribution in [0.25, 0.3) is 6.08 Å². The predicted octanol–water partition coefficient (Wildman–Crippen LogP) is 0.984. The van der Waals surface area contributed by atoms with E-state index in [-0.39, 0.29) is 11.5 Å². The number of benzene rings is 1. The van der Waals surface area contributed by atoms with Crippen LogP contribution in [0.15, 0.2) is 23.8 Å². The first kappa shape index (κ1) is 14.7. The molecule has 1 atom stereocenters. The van der Waals surface area contributed by atoms with Gasteiger partial charge >= 0.3 is 0 Å². The summed E-state index contributed by atoms with van der Waals surface area (Å²) in [6.45, 7) is 3.32. The van der Waals surface area contributed by atoms with E-state index in [2.05, 4.69) is 0 Å². The van der Waals surface area contributed by atoms with Gasteiger partial charge in [0.1, 0.15) is 11.5 Å². The first-order valence-corrected chi connectivity index (χ1v) is 7.11. The van der Waals surface area contributed by atoms with Crippen LogP contribution < -0.4 is 4.74 Å². The van der Waals surface area contributed by atoms with Gasteiger partial charge in [0.15, 0.2) is 12.1 Å². The Labute approximate surface area is 127 Å². The van der Waals surface area contributed by atoms with Crippen LogP contribution in [-0.4, -0.2) is 54.1 Å². The average molecular weight is 303 g/mol. The number of phenols is 1. The second-order valence-electron chi connectivity index (χ2n) is 5.35. The predicted molar refractivity (Wildman–Crippen MR) is 78.6 cm³/mol. The number of aldehydes is 1. The first-order valence-electron chi connectivity index (χ1n) is 7.11. The molecule has 0 saturated carbocycles. The monoisotopic (exact) mass is 303 g/mol. The number of aromatic hydroxyl groups is 1. The van der Waals surface area contributed by atoms with Crippen LogP contribution >= 0.6 is 0 Å². The largest absolute Gasteiger partial charge is 0.508 e. The van der Waals surface area contributed by atoms with Crippen molar-refractivity contribution in [3.8, 4) is 11.5 Å². The number of carbonyl (C=O) groups is 2. The highest BCUT2D eigenvalue weighted by atomic mass is 16.5. The molecule has 0 aromatic heterocycles. The molecule has 2 aliphatic rings. The summed E-state index contributed by atoms with van der Waals surface area (Å²) in [6.07, 6.45) is 2.31. The highest BCUT2D eigenvalue weighted by molar-refractivity contribution is 6.05. The molecule has 116 valence electrons. The van der Waals surface area contributed by atoms with E-state index in [1.54, 1.807) is 17.0 Å². The molecule has 0 amide bonds. The standard InChI is InChI=1S/C16H17NO5/c1-11(19)14-8-12-2-3-13(20)9-15(12)22-16(14,10-18)17-4-6-21-7-5-17/h2-3,8-10,20H,4-7H2,1H3. The Balaban J connectivity index is 2.12. The van der Waals surface area contributed by atoms with E-state index in [4.69, 9.17) is 9.47 Å². The summed E-state index contributed by atoms with van der Waals surface area (Å²) < 4.78 is 11.2. The van der Waals surface area contributed by atoms with Crippen molar-refractivity contribution in [3.63, 3.8) is 0 Å². The summed E-state index contributed by atoms with van der Waals surface area (Å²) >= 11 is 0. The maximum absolute atomic E-state index is 12.1. The van der Waals surface area contributed by atoms with Crippen LogP contribution in [0, 0.1) is 0 Å². The minimum absolute atomic E-state index is 0.0419. The summed E-state index contributed by atoms with van der Waals surface area (Å²) in [5, 5.41) is 9.63. The lowest BCUT2D eigenvalue weighted by Crippen LogP contribution is -2.61. The number of hydrogen-bond acceptors (Lipinski definition) is 6. The number of ether oxygens (including phenoxy) is 2. The number of nitrogens with zero attached hydrogens (tertiary/aromatic N) is 1. The average Bonchev–Trinajstić information content (AvgIpc) is 2.54. The highest BCUT2D eigenvalue weighted by Gasteiger charge is 2.47. The fourth-order valence-corrected chi connectivity index (χ4v) is 2.86. The molecule has 1 saturated heterocycles. The Morgan fingerprint density at radius 1 is 1.36 bits per heavy atom. The summed E-state index contributed by atoms with van der Waals surface area (Å²) in [4.78, 5) is 25.8. The number of ketones is 1. The van der Waals surface area contributed by atoms with Crippen LogP contribution in [0.4, 0.5) is 0 Å². The van der Waals surface area contributed by atoms with Gasteiger partial charge in [0.2, 0.25) is 5.72 Å². The van der Waals surface area contributed by atoms with E-state index in [9.17, 15) is 14.7 Å². The van der Waals surface area contributed by atoms with Gasteiger partial charge in [-0.2, -0.15) is 0 Å². The molecule has 0 radical (unpaired) electrons. The summed E-state index contributed by atoms with van der Waals surface area (Å²) in [6, 6.07) is 4.61. The van der Waals surface area contributed by atoms with E-state index < -0.39 is 5.72 Å². The van der Waals surface area contributed by atoms with Gasteiger partial charge < -0.3 is 14.6 Å². The van der Waals surface area contributed by atoms with Crippen molar-refractivity contribution in [1.82, 2.24) is 4.90 Å². The number of morpholine rings is 1. The van der Waals surface area contributed by atoms with E-state index >= 15 is 0 Å². The van der Waals surface area contributed by atoms with Gasteiger partial charge in [-0.3, -0.25) is 14.5 Å². The molecule has 1 unspecified atom stereocenters. The van der Waals surface area contributed by atoms with Crippen molar-refractivity contribution >= 4 is 18.1 Å². The van der Waals surface area contributed by atoms with Crippen molar-refractivity contribution in [3.05, 3.63) is 29.3 Å². The van der Waals surface area contributed by atoms with Crippen LogP contribution in [-0.2, 0) is 14.3 Å². The lowest BCUT2D eigenvalue weighted by atomic mass is 9.92. The molecule has 0 bridgehead atoms. The molecule has 6 nitrogen and oxygen atoms in total. The van der Waals surface area contributed by atoms with Crippen molar-refractivity contribution in [2.75, 3.05) is 26.3 Å². The van der Waals surface area contributed by atoms with Gasteiger partial charge in [0, 0.05) is 24.7 Å². The lowest BCUT2D eigenvalue weighted by Gasteiger charge is -2.44. The molecule has 6 heteroatoms. The van der Waals surface area contributed by atoms with Gasteiger partial charge in [-0.25, -0.2) is 0 Å². The SMILES string of the molecule is CC(=O)C1=Cc2ccc(O)cc2OC1(C=O)N1CCOCC1. The Morgan fingerprint density at radius 3 is 2.73 bits per heavy atom. The minimum Gasteiger partial charge on any atom is -0.508 e. The van der Waals surface area contributed by atoms with E-state index in [1.807, 2.05) is 0 Å². The van der Waals surface area contributed by atoms with Crippen LogP contribution in [0.5, 0.6) is 11.5 Å². The number of fused-ring (bicyclic) bond motifs is 1. The number of Topliss-reactive ketones (excluding diaryl/α,β-unsaturated/α-hetero) is 1. The second kappa shape index (κ2) is 5.55. The number of rotatable bonds is 3. The number of hydrogen-bond donors (Lipinski definition) is 1. The van der Waals surface area contributed by atoms with Gasteiger partial charge in [-0.15, -0.1) is 0 Å². The zero-order valence-electron chi connectivity index (χ0n) is 12.2. The fourth-order valence-electron chi connectivity index (χ4n) is 2.86. The lowest BCUT2D eigenvalue weighted by molar-refractivity contribution is -0.145. The molecular weight excluding hydrogens is 286 g/mol. The van der Waals surface area contributed by atoms with Gasteiger partial charge in [0.05, 0.1) is 18.8 Å². The fraction of sp³-hybridized carbons (Fsp3) is 0.375. The molecule has 3 rings (SSSR count). The molecule has 1 aromatic carbocycles. The minimum atomic E-state index is -1.46. The van der Waals surface area contributed by atoms with Crippen molar-refractivity contribution in [2.45, 2.75) is 12.6 Å². The zero-order chi connectivity index (χ0) is 15.7. The zero-order valence-corrected chi connectivity index (χ0v) is 12.2. The molecule has 0 aliphatic carbocycles. The molecule has 0 spiro atoms. The van der Waals surface area contributed by atoms with Gasteiger partial charge in [-0.05, 0) is 25.1 Å². The molecule has 1 N–H and O–H groups in total. The molecule has 1 aromatic rings. The third-order valence-corrected chi connectivity index (χ3v) is 3.97. The Hall–Kier alpha value is -2.18. The topological polar surface area (TPSA) is 76.1 Å². The third-order valence-electron chi connectivity index (χ3n) is 3.97. The Bertz CT molecular complexity index is 648. The normalized spacial score (nSPS) is 24.9. The highest BCUT2D eigenvalue weighted by Crippen LogP contribution is 2.39. The van der Waals surface area contributed by atoms with E-state index in [1.165, 1.54) is 19.1 Å².